The Morgan fingerprint density at radius 3 is 1.85 bits per heavy atom. The summed E-state index contributed by atoms with van der Waals surface area (Å²) in [6.45, 7) is 4.28. The second kappa shape index (κ2) is 15.0. The third-order valence-corrected chi connectivity index (χ3v) is 3.91. The van der Waals surface area contributed by atoms with Gasteiger partial charge >= 0.3 is 0 Å². The zero-order valence-corrected chi connectivity index (χ0v) is 13.8. The van der Waals surface area contributed by atoms with Crippen molar-refractivity contribution in [3.8, 4) is 0 Å². The average molecular weight is 284 g/mol. The zero-order chi connectivity index (χ0) is 15.1. The second-order valence-electron chi connectivity index (χ2n) is 6.10. The molecule has 0 amide bonds. The maximum atomic E-state index is 11.3. The first-order chi connectivity index (χ1) is 9.70. The summed E-state index contributed by atoms with van der Waals surface area (Å²) in [5.74, 6) is 0.416. The number of Topliss-reactive ketones (excluding diaryl/α,β-unsaturated/α-hetero) is 1. The molecule has 0 rings (SSSR count). The monoisotopic (exact) mass is 284 g/mol. The van der Waals surface area contributed by atoms with Crippen LogP contribution in [-0.2, 0) is 4.79 Å². The molecule has 0 aromatic carbocycles. The van der Waals surface area contributed by atoms with E-state index in [-0.39, 0.29) is 6.10 Å². The first-order valence-electron chi connectivity index (χ1n) is 8.90. The summed E-state index contributed by atoms with van der Waals surface area (Å²) in [5, 5.41) is 9.87. The van der Waals surface area contributed by atoms with E-state index in [0.717, 1.165) is 57.8 Å². The molecule has 1 atom stereocenters. The number of unbranched alkanes of at least 4 members (excludes halogenated alkanes) is 7. The highest BCUT2D eigenvalue weighted by molar-refractivity contribution is 5.78. The van der Waals surface area contributed by atoms with Crippen molar-refractivity contribution < 1.29 is 9.90 Å². The molecule has 0 saturated carbocycles. The summed E-state index contributed by atoms with van der Waals surface area (Å²) < 4.78 is 0. The van der Waals surface area contributed by atoms with Gasteiger partial charge in [-0.2, -0.15) is 0 Å². The van der Waals surface area contributed by atoms with E-state index < -0.39 is 0 Å². The normalized spacial score (nSPS) is 12.6. The van der Waals surface area contributed by atoms with E-state index >= 15 is 0 Å². The lowest BCUT2D eigenvalue weighted by Crippen LogP contribution is -2.06. The van der Waals surface area contributed by atoms with Gasteiger partial charge in [-0.3, -0.25) is 4.79 Å². The minimum absolute atomic E-state index is 0.0988. The van der Waals surface area contributed by atoms with Crippen LogP contribution in [0.1, 0.15) is 104 Å². The van der Waals surface area contributed by atoms with Gasteiger partial charge in [0.05, 0.1) is 6.10 Å². The number of carbonyl (C=O) groups is 1. The number of ketones is 1. The number of hydrogen-bond acceptors (Lipinski definition) is 2. The van der Waals surface area contributed by atoms with E-state index in [9.17, 15) is 9.90 Å². The number of aliphatic hydroxyl groups excluding tert-OH is 1. The Labute approximate surface area is 126 Å². The molecule has 2 heteroatoms. The molecule has 0 aliphatic heterocycles. The van der Waals surface area contributed by atoms with Crippen molar-refractivity contribution in [2.24, 2.45) is 0 Å². The summed E-state index contributed by atoms with van der Waals surface area (Å²) in [7, 11) is 0. The van der Waals surface area contributed by atoms with Crippen LogP contribution < -0.4 is 0 Å². The summed E-state index contributed by atoms with van der Waals surface area (Å²) in [6.07, 6.45) is 15.1. The minimum Gasteiger partial charge on any atom is -0.393 e. The van der Waals surface area contributed by atoms with Gasteiger partial charge in [0.1, 0.15) is 5.78 Å². The molecule has 0 bridgehead atoms. The smallest absolute Gasteiger partial charge is 0.132 e. The lowest BCUT2D eigenvalue weighted by molar-refractivity contribution is -0.119. The number of carbonyl (C=O) groups excluding carboxylic acids is 1. The van der Waals surface area contributed by atoms with Crippen LogP contribution in [0.4, 0.5) is 0 Å². The lowest BCUT2D eigenvalue weighted by Gasteiger charge is -2.10. The van der Waals surface area contributed by atoms with E-state index in [1.54, 1.807) is 0 Å². The van der Waals surface area contributed by atoms with Crippen LogP contribution in [0.2, 0.25) is 0 Å². The van der Waals surface area contributed by atoms with Crippen molar-refractivity contribution in [1.29, 1.82) is 0 Å². The van der Waals surface area contributed by atoms with E-state index in [0.29, 0.717) is 5.78 Å². The third-order valence-electron chi connectivity index (χ3n) is 3.91. The molecule has 2 nitrogen and oxygen atoms in total. The molecule has 1 unspecified atom stereocenters. The fourth-order valence-electron chi connectivity index (χ4n) is 2.59. The third kappa shape index (κ3) is 14.0. The van der Waals surface area contributed by atoms with Crippen molar-refractivity contribution in [3.05, 3.63) is 0 Å². The second-order valence-corrected chi connectivity index (χ2v) is 6.10. The molecule has 0 aromatic rings. The lowest BCUT2D eigenvalue weighted by atomic mass is 10.0. The van der Waals surface area contributed by atoms with Crippen molar-refractivity contribution in [2.45, 2.75) is 110 Å². The average Bonchev–Trinajstić information content (AvgIpc) is 2.42. The van der Waals surface area contributed by atoms with E-state index in [1.165, 1.54) is 32.1 Å². The van der Waals surface area contributed by atoms with Crippen LogP contribution in [0.5, 0.6) is 0 Å². The van der Waals surface area contributed by atoms with E-state index in [1.807, 2.05) is 0 Å². The molecule has 120 valence electrons. The molecule has 0 radical (unpaired) electrons. The first kappa shape index (κ1) is 19.6. The van der Waals surface area contributed by atoms with Crippen LogP contribution in [0, 0.1) is 0 Å². The largest absolute Gasteiger partial charge is 0.393 e. The summed E-state index contributed by atoms with van der Waals surface area (Å²) in [6, 6.07) is 0. The van der Waals surface area contributed by atoms with Crippen molar-refractivity contribution in [3.63, 3.8) is 0 Å². The quantitative estimate of drug-likeness (QED) is 0.408. The van der Waals surface area contributed by atoms with Crippen LogP contribution in [0.15, 0.2) is 0 Å². The summed E-state index contributed by atoms with van der Waals surface area (Å²) in [5.41, 5.74) is 0. The molecule has 0 aromatic heterocycles. The molecule has 0 saturated heterocycles. The Bertz CT molecular complexity index is 213. The Balaban J connectivity index is 3.22. The van der Waals surface area contributed by atoms with Crippen LogP contribution in [0.25, 0.3) is 0 Å². The van der Waals surface area contributed by atoms with Gasteiger partial charge in [-0.25, -0.2) is 0 Å². The van der Waals surface area contributed by atoms with Gasteiger partial charge in [-0.15, -0.1) is 0 Å². The predicted molar refractivity (Wildman–Crippen MR) is 87.0 cm³/mol. The van der Waals surface area contributed by atoms with Crippen LogP contribution >= 0.6 is 0 Å². The Morgan fingerprint density at radius 2 is 1.30 bits per heavy atom. The topological polar surface area (TPSA) is 37.3 Å². The van der Waals surface area contributed by atoms with Crippen molar-refractivity contribution in [2.75, 3.05) is 0 Å². The zero-order valence-electron chi connectivity index (χ0n) is 13.8. The minimum atomic E-state index is -0.0988. The maximum Gasteiger partial charge on any atom is 0.132 e. The van der Waals surface area contributed by atoms with Crippen molar-refractivity contribution >= 4 is 5.78 Å². The molecular formula is C18H36O2. The predicted octanol–water partition coefficient (Wildman–Crippen LogP) is 5.42. The Hall–Kier alpha value is -0.370. The number of aliphatic hydroxyl groups is 1. The highest BCUT2D eigenvalue weighted by atomic mass is 16.3. The highest BCUT2D eigenvalue weighted by Crippen LogP contribution is 2.13. The SMILES string of the molecule is CCCCCCCC(O)CCCCCCC(=O)CCC. The Kier molecular flexibility index (Phi) is 14.7. The molecule has 0 aliphatic carbocycles. The van der Waals surface area contributed by atoms with Gasteiger partial charge in [-0.05, 0) is 25.7 Å². The van der Waals surface area contributed by atoms with Crippen molar-refractivity contribution in [1.82, 2.24) is 0 Å². The maximum absolute atomic E-state index is 11.3. The van der Waals surface area contributed by atoms with E-state index in [4.69, 9.17) is 0 Å². The highest BCUT2D eigenvalue weighted by Gasteiger charge is 2.04. The van der Waals surface area contributed by atoms with Gasteiger partial charge in [0.25, 0.3) is 0 Å². The van der Waals surface area contributed by atoms with Gasteiger partial charge in [0.2, 0.25) is 0 Å². The molecule has 20 heavy (non-hydrogen) atoms. The molecular weight excluding hydrogens is 248 g/mol. The fraction of sp³-hybridized carbons (Fsp3) is 0.944. The Morgan fingerprint density at radius 1 is 0.750 bits per heavy atom. The standard InChI is InChI=1S/C18H36O2/c1-3-5-6-7-10-15-18(20)16-12-9-8-11-14-17(19)13-4-2/h18,20H,3-16H2,1-2H3. The number of hydrogen-bond donors (Lipinski definition) is 1. The van der Waals surface area contributed by atoms with E-state index in [2.05, 4.69) is 13.8 Å². The van der Waals surface area contributed by atoms with Crippen LogP contribution in [0.3, 0.4) is 0 Å². The molecule has 0 aliphatic rings. The molecule has 0 heterocycles. The fourth-order valence-corrected chi connectivity index (χ4v) is 2.59. The molecule has 0 spiro atoms. The van der Waals surface area contributed by atoms with Gasteiger partial charge < -0.3 is 5.11 Å². The first-order valence-corrected chi connectivity index (χ1v) is 8.90. The van der Waals surface area contributed by atoms with Gasteiger partial charge in [0.15, 0.2) is 0 Å². The molecule has 1 N–H and O–H groups in total. The summed E-state index contributed by atoms with van der Waals surface area (Å²) in [4.78, 5) is 11.3. The van der Waals surface area contributed by atoms with Gasteiger partial charge in [0, 0.05) is 12.8 Å². The molecule has 0 fully saturated rings. The summed E-state index contributed by atoms with van der Waals surface area (Å²) >= 11 is 0. The van der Waals surface area contributed by atoms with Gasteiger partial charge in [-0.1, -0.05) is 65.2 Å². The van der Waals surface area contributed by atoms with Crippen LogP contribution in [-0.4, -0.2) is 17.0 Å². The number of rotatable bonds is 15.